The van der Waals surface area contributed by atoms with Crippen LogP contribution >= 0.6 is 11.6 Å². The highest BCUT2D eigenvalue weighted by molar-refractivity contribution is 6.28. The Bertz CT molecular complexity index is 364. The summed E-state index contributed by atoms with van der Waals surface area (Å²) in [5.74, 6) is 0. The molecule has 1 aromatic rings. The number of hydrogen-bond acceptors (Lipinski definition) is 3. The number of ether oxygens (including phenoxy) is 1. The molecule has 0 saturated heterocycles. The van der Waals surface area contributed by atoms with Gasteiger partial charge in [-0.05, 0) is 44.7 Å². The van der Waals surface area contributed by atoms with Crippen LogP contribution in [0.25, 0.3) is 0 Å². The fourth-order valence-electron chi connectivity index (χ4n) is 1.68. The first-order chi connectivity index (χ1) is 7.09. The Balaban J connectivity index is 1.98. The summed E-state index contributed by atoms with van der Waals surface area (Å²) >= 11 is 5.68. The van der Waals surface area contributed by atoms with Crippen LogP contribution in [0.4, 0.5) is 0 Å². The lowest BCUT2D eigenvalue weighted by Gasteiger charge is -2.38. The average molecular weight is 227 g/mol. The summed E-state index contributed by atoms with van der Waals surface area (Å²) in [6, 6.07) is 0. The van der Waals surface area contributed by atoms with Crippen molar-refractivity contribution >= 4 is 11.6 Å². The second kappa shape index (κ2) is 4.06. The molecule has 1 aromatic heterocycles. The first-order valence-electron chi connectivity index (χ1n) is 5.21. The van der Waals surface area contributed by atoms with Gasteiger partial charge in [0, 0.05) is 17.5 Å². The third-order valence-electron chi connectivity index (χ3n) is 3.04. The van der Waals surface area contributed by atoms with Crippen molar-refractivity contribution in [3.8, 4) is 0 Å². The first kappa shape index (κ1) is 10.8. The molecule has 15 heavy (non-hydrogen) atoms. The molecule has 0 atom stereocenters. The van der Waals surface area contributed by atoms with Crippen molar-refractivity contribution in [3.05, 3.63) is 22.7 Å². The molecule has 1 heterocycles. The van der Waals surface area contributed by atoms with Crippen LogP contribution in [-0.4, -0.2) is 15.6 Å². The molecule has 0 N–H and O–H groups in total. The van der Waals surface area contributed by atoms with Gasteiger partial charge < -0.3 is 4.74 Å². The minimum absolute atomic E-state index is 0.0755. The fourth-order valence-corrected chi connectivity index (χ4v) is 1.85. The molecule has 3 nitrogen and oxygen atoms in total. The van der Waals surface area contributed by atoms with Gasteiger partial charge >= 0.3 is 0 Å². The van der Waals surface area contributed by atoms with Crippen LogP contribution < -0.4 is 0 Å². The van der Waals surface area contributed by atoms with E-state index in [0.29, 0.717) is 11.9 Å². The molecule has 82 valence electrons. The van der Waals surface area contributed by atoms with Gasteiger partial charge in [0.05, 0.1) is 12.2 Å². The SMILES string of the molecule is Cc1nc(Cl)ncc1COC1(C)CCC1. The Morgan fingerprint density at radius 1 is 1.53 bits per heavy atom. The van der Waals surface area contributed by atoms with Crippen molar-refractivity contribution in [2.75, 3.05) is 0 Å². The van der Waals surface area contributed by atoms with Gasteiger partial charge in [-0.1, -0.05) is 0 Å². The molecule has 0 aromatic carbocycles. The summed E-state index contributed by atoms with van der Waals surface area (Å²) in [6.45, 7) is 4.66. The third-order valence-corrected chi connectivity index (χ3v) is 3.22. The Kier molecular flexibility index (Phi) is 2.94. The molecule has 0 bridgehead atoms. The van der Waals surface area contributed by atoms with Crippen LogP contribution in [0, 0.1) is 6.92 Å². The van der Waals surface area contributed by atoms with Crippen LogP contribution in [0.1, 0.15) is 37.4 Å². The average Bonchev–Trinajstić information content (AvgIpc) is 2.14. The van der Waals surface area contributed by atoms with E-state index in [1.807, 2.05) is 6.92 Å². The standard InChI is InChI=1S/C11H15ClN2O/c1-8-9(6-13-10(12)14-8)7-15-11(2)4-3-5-11/h6H,3-5,7H2,1-2H3. The molecule has 1 saturated carbocycles. The highest BCUT2D eigenvalue weighted by Gasteiger charge is 2.32. The third kappa shape index (κ3) is 2.47. The van der Waals surface area contributed by atoms with Crippen molar-refractivity contribution in [3.63, 3.8) is 0 Å². The Morgan fingerprint density at radius 3 is 2.80 bits per heavy atom. The van der Waals surface area contributed by atoms with Gasteiger partial charge in [-0.15, -0.1) is 0 Å². The van der Waals surface area contributed by atoms with Crippen molar-refractivity contribution in [1.29, 1.82) is 0 Å². The van der Waals surface area contributed by atoms with E-state index < -0.39 is 0 Å². The maximum atomic E-state index is 5.85. The fraction of sp³-hybridized carbons (Fsp3) is 0.636. The molecule has 1 fully saturated rings. The van der Waals surface area contributed by atoms with Gasteiger partial charge in [0.1, 0.15) is 0 Å². The Labute approximate surface area is 94.8 Å². The maximum Gasteiger partial charge on any atom is 0.222 e. The second-order valence-corrected chi connectivity index (χ2v) is 4.68. The lowest BCUT2D eigenvalue weighted by Crippen LogP contribution is -2.36. The monoisotopic (exact) mass is 226 g/mol. The summed E-state index contributed by atoms with van der Waals surface area (Å²) < 4.78 is 5.85. The molecule has 4 heteroatoms. The van der Waals surface area contributed by atoms with Crippen molar-refractivity contribution in [2.24, 2.45) is 0 Å². The molecule has 1 aliphatic rings. The summed E-state index contributed by atoms with van der Waals surface area (Å²) in [4.78, 5) is 8.05. The highest BCUT2D eigenvalue weighted by Crippen LogP contribution is 2.35. The molecular formula is C11H15ClN2O. The van der Waals surface area contributed by atoms with Crippen LogP contribution in [0.3, 0.4) is 0 Å². The topological polar surface area (TPSA) is 35.0 Å². The number of aryl methyl sites for hydroxylation is 1. The van der Waals surface area contributed by atoms with Crippen molar-refractivity contribution in [2.45, 2.75) is 45.3 Å². The van der Waals surface area contributed by atoms with Gasteiger partial charge in [0.2, 0.25) is 5.28 Å². The van der Waals surface area contributed by atoms with Gasteiger partial charge in [0.15, 0.2) is 0 Å². The van der Waals surface area contributed by atoms with Gasteiger partial charge in [-0.2, -0.15) is 0 Å². The molecule has 0 unspecified atom stereocenters. The van der Waals surface area contributed by atoms with E-state index in [0.717, 1.165) is 24.1 Å². The van der Waals surface area contributed by atoms with Gasteiger partial charge in [-0.3, -0.25) is 0 Å². The van der Waals surface area contributed by atoms with E-state index in [4.69, 9.17) is 16.3 Å². The van der Waals surface area contributed by atoms with E-state index in [9.17, 15) is 0 Å². The second-order valence-electron chi connectivity index (χ2n) is 4.34. The molecular weight excluding hydrogens is 212 g/mol. The Morgan fingerprint density at radius 2 is 2.27 bits per heavy atom. The van der Waals surface area contributed by atoms with E-state index in [1.165, 1.54) is 6.42 Å². The number of aromatic nitrogens is 2. The predicted octanol–water partition coefficient (Wildman–Crippen LogP) is 2.90. The van der Waals surface area contributed by atoms with E-state index in [-0.39, 0.29) is 5.60 Å². The molecule has 0 spiro atoms. The summed E-state index contributed by atoms with van der Waals surface area (Å²) in [7, 11) is 0. The lowest BCUT2D eigenvalue weighted by molar-refractivity contribution is -0.0953. The molecule has 1 aliphatic carbocycles. The van der Waals surface area contributed by atoms with Crippen LogP contribution in [0.2, 0.25) is 5.28 Å². The lowest BCUT2D eigenvalue weighted by atomic mass is 9.82. The molecule has 0 radical (unpaired) electrons. The molecule has 2 rings (SSSR count). The van der Waals surface area contributed by atoms with Crippen LogP contribution in [0.5, 0.6) is 0 Å². The maximum absolute atomic E-state index is 5.85. The van der Waals surface area contributed by atoms with Crippen LogP contribution in [0.15, 0.2) is 6.20 Å². The van der Waals surface area contributed by atoms with Crippen molar-refractivity contribution in [1.82, 2.24) is 9.97 Å². The summed E-state index contributed by atoms with van der Waals surface area (Å²) in [5.41, 5.74) is 2.00. The minimum Gasteiger partial charge on any atom is -0.370 e. The normalized spacial score (nSPS) is 18.6. The van der Waals surface area contributed by atoms with Gasteiger partial charge in [-0.25, -0.2) is 9.97 Å². The highest BCUT2D eigenvalue weighted by atomic mass is 35.5. The first-order valence-corrected chi connectivity index (χ1v) is 5.59. The van der Waals surface area contributed by atoms with Crippen molar-refractivity contribution < 1.29 is 4.74 Å². The quantitative estimate of drug-likeness (QED) is 0.744. The minimum atomic E-state index is 0.0755. The summed E-state index contributed by atoms with van der Waals surface area (Å²) in [6.07, 6.45) is 5.32. The van der Waals surface area contributed by atoms with E-state index >= 15 is 0 Å². The zero-order valence-corrected chi connectivity index (χ0v) is 9.84. The number of halogens is 1. The molecule has 0 amide bonds. The van der Waals surface area contributed by atoms with Gasteiger partial charge in [0.25, 0.3) is 0 Å². The largest absolute Gasteiger partial charge is 0.370 e. The number of rotatable bonds is 3. The van der Waals surface area contributed by atoms with E-state index in [1.54, 1.807) is 6.20 Å². The van der Waals surface area contributed by atoms with Crippen LogP contribution in [-0.2, 0) is 11.3 Å². The summed E-state index contributed by atoms with van der Waals surface area (Å²) in [5, 5.41) is 0.297. The molecule has 0 aliphatic heterocycles. The zero-order chi connectivity index (χ0) is 10.9. The zero-order valence-electron chi connectivity index (χ0n) is 9.09. The predicted molar refractivity (Wildman–Crippen MR) is 58.8 cm³/mol. The smallest absolute Gasteiger partial charge is 0.222 e. The number of hydrogen-bond donors (Lipinski definition) is 0. The Hall–Kier alpha value is -0.670. The number of nitrogens with zero attached hydrogens (tertiary/aromatic N) is 2. The van der Waals surface area contributed by atoms with E-state index in [2.05, 4.69) is 16.9 Å².